The van der Waals surface area contributed by atoms with Gasteiger partial charge in [0.05, 0.1) is 6.10 Å². The molecule has 82 valence electrons. The fraction of sp³-hybridized carbons (Fsp3) is 0.889. The molecular weight excluding hydrogens is 188 g/mol. The summed E-state index contributed by atoms with van der Waals surface area (Å²) in [6.07, 6.45) is -3.42. The van der Waals surface area contributed by atoms with Crippen LogP contribution in [0.2, 0.25) is 0 Å². The van der Waals surface area contributed by atoms with Crippen molar-refractivity contribution in [3.63, 3.8) is 0 Å². The monoisotopic (exact) mass is 204 g/mol. The molecule has 1 heterocycles. The van der Waals surface area contributed by atoms with E-state index in [1.807, 2.05) is 0 Å². The molecule has 0 aromatic carbocycles. The molecule has 1 fully saturated rings. The van der Waals surface area contributed by atoms with Crippen LogP contribution in [0.3, 0.4) is 0 Å². The molecule has 0 aromatic heterocycles. The third-order valence-electron chi connectivity index (χ3n) is 2.54. The molecule has 1 rings (SSSR count). The minimum atomic E-state index is -1.29. The standard InChI is InChI=1S/C9H16O5/c1-4-5(2)13-9(12)7(11)8(4)14-6(3)10/h4-5,7-9,11-12H,1-3H3/t4-,5+,7+,8-,9?/m1/s1. The first-order valence-corrected chi connectivity index (χ1v) is 4.62. The second-order valence-electron chi connectivity index (χ2n) is 3.66. The van der Waals surface area contributed by atoms with E-state index in [1.165, 1.54) is 6.92 Å². The van der Waals surface area contributed by atoms with Gasteiger partial charge in [0.15, 0.2) is 6.29 Å². The van der Waals surface area contributed by atoms with Gasteiger partial charge in [0, 0.05) is 12.8 Å². The molecule has 5 atom stereocenters. The van der Waals surface area contributed by atoms with Crippen molar-refractivity contribution in [3.8, 4) is 0 Å². The van der Waals surface area contributed by atoms with E-state index >= 15 is 0 Å². The van der Waals surface area contributed by atoms with Gasteiger partial charge in [0.25, 0.3) is 0 Å². The predicted molar refractivity (Wildman–Crippen MR) is 47.3 cm³/mol. The maximum atomic E-state index is 10.8. The van der Waals surface area contributed by atoms with Gasteiger partial charge < -0.3 is 19.7 Å². The zero-order valence-electron chi connectivity index (χ0n) is 8.51. The number of aliphatic hydroxyl groups is 2. The summed E-state index contributed by atoms with van der Waals surface area (Å²) < 4.78 is 9.96. The summed E-state index contributed by atoms with van der Waals surface area (Å²) in [7, 11) is 0. The van der Waals surface area contributed by atoms with Crippen LogP contribution in [0.1, 0.15) is 20.8 Å². The summed E-state index contributed by atoms with van der Waals surface area (Å²) in [5.41, 5.74) is 0. The molecule has 0 aliphatic carbocycles. The summed E-state index contributed by atoms with van der Waals surface area (Å²) in [5.74, 6) is -0.612. The SMILES string of the molecule is CC(=O)O[C@@H]1[C@H](C)[C@H](C)OC(O)[C@H]1O. The van der Waals surface area contributed by atoms with Gasteiger partial charge in [-0.25, -0.2) is 0 Å². The van der Waals surface area contributed by atoms with Crippen molar-refractivity contribution < 1.29 is 24.5 Å². The van der Waals surface area contributed by atoms with Crippen LogP contribution < -0.4 is 0 Å². The molecule has 0 amide bonds. The summed E-state index contributed by atoms with van der Waals surface area (Å²) in [5, 5.41) is 18.8. The molecule has 1 aliphatic heterocycles. The van der Waals surface area contributed by atoms with E-state index < -0.39 is 24.5 Å². The van der Waals surface area contributed by atoms with Crippen molar-refractivity contribution in [1.29, 1.82) is 0 Å². The number of esters is 1. The van der Waals surface area contributed by atoms with Gasteiger partial charge in [-0.15, -0.1) is 0 Å². The van der Waals surface area contributed by atoms with Gasteiger partial charge in [-0.1, -0.05) is 6.92 Å². The summed E-state index contributed by atoms with van der Waals surface area (Å²) in [6, 6.07) is 0. The lowest BCUT2D eigenvalue weighted by Crippen LogP contribution is -2.54. The normalized spacial score (nSPS) is 43.4. The van der Waals surface area contributed by atoms with Crippen LogP contribution in [0.4, 0.5) is 0 Å². The first kappa shape index (κ1) is 11.4. The van der Waals surface area contributed by atoms with Gasteiger partial charge in [-0.3, -0.25) is 4.79 Å². The molecule has 1 unspecified atom stereocenters. The highest BCUT2D eigenvalue weighted by Gasteiger charge is 2.42. The molecule has 0 bridgehead atoms. The highest BCUT2D eigenvalue weighted by Crippen LogP contribution is 2.26. The van der Waals surface area contributed by atoms with E-state index in [9.17, 15) is 15.0 Å². The Bertz CT molecular complexity index is 203. The zero-order chi connectivity index (χ0) is 10.9. The molecule has 0 radical (unpaired) electrons. The topological polar surface area (TPSA) is 76.0 Å². The van der Waals surface area contributed by atoms with Gasteiger partial charge >= 0.3 is 5.97 Å². The average molecular weight is 204 g/mol. The Balaban J connectivity index is 2.71. The van der Waals surface area contributed by atoms with E-state index in [2.05, 4.69) is 0 Å². The number of hydrogen-bond acceptors (Lipinski definition) is 5. The van der Waals surface area contributed by atoms with Crippen molar-refractivity contribution in [2.24, 2.45) is 5.92 Å². The minimum absolute atomic E-state index is 0.141. The molecule has 0 saturated carbocycles. The molecule has 1 aliphatic rings. The number of ether oxygens (including phenoxy) is 2. The first-order valence-electron chi connectivity index (χ1n) is 4.62. The predicted octanol–water partition coefficient (Wildman–Crippen LogP) is -0.348. The lowest BCUT2D eigenvalue weighted by molar-refractivity contribution is -0.266. The third-order valence-corrected chi connectivity index (χ3v) is 2.54. The largest absolute Gasteiger partial charge is 0.459 e. The zero-order valence-corrected chi connectivity index (χ0v) is 8.51. The van der Waals surface area contributed by atoms with Crippen molar-refractivity contribution in [1.82, 2.24) is 0 Å². The Morgan fingerprint density at radius 3 is 2.43 bits per heavy atom. The van der Waals surface area contributed by atoms with Crippen molar-refractivity contribution >= 4 is 5.97 Å². The van der Waals surface area contributed by atoms with E-state index in [0.717, 1.165) is 0 Å². The number of hydrogen-bond donors (Lipinski definition) is 2. The van der Waals surface area contributed by atoms with Crippen LogP contribution in [-0.2, 0) is 14.3 Å². The van der Waals surface area contributed by atoms with E-state index in [0.29, 0.717) is 0 Å². The second kappa shape index (κ2) is 4.25. The van der Waals surface area contributed by atoms with E-state index in [4.69, 9.17) is 9.47 Å². The van der Waals surface area contributed by atoms with Gasteiger partial charge in [-0.2, -0.15) is 0 Å². The minimum Gasteiger partial charge on any atom is -0.459 e. The first-order chi connectivity index (χ1) is 6.43. The van der Waals surface area contributed by atoms with E-state index in [1.54, 1.807) is 13.8 Å². The Kier molecular flexibility index (Phi) is 3.47. The van der Waals surface area contributed by atoms with Gasteiger partial charge in [0.1, 0.15) is 12.2 Å². The summed E-state index contributed by atoms with van der Waals surface area (Å²) >= 11 is 0. The van der Waals surface area contributed by atoms with Crippen LogP contribution >= 0.6 is 0 Å². The lowest BCUT2D eigenvalue weighted by atomic mass is 9.91. The van der Waals surface area contributed by atoms with Gasteiger partial charge in [0.2, 0.25) is 0 Å². The van der Waals surface area contributed by atoms with Crippen molar-refractivity contribution in [2.45, 2.75) is 45.4 Å². The smallest absolute Gasteiger partial charge is 0.303 e. The summed E-state index contributed by atoms with van der Waals surface area (Å²) in [4.78, 5) is 10.8. The Morgan fingerprint density at radius 2 is 1.93 bits per heavy atom. The summed E-state index contributed by atoms with van der Waals surface area (Å²) in [6.45, 7) is 4.83. The van der Waals surface area contributed by atoms with Crippen LogP contribution in [0.15, 0.2) is 0 Å². The molecular formula is C9H16O5. The van der Waals surface area contributed by atoms with Crippen molar-refractivity contribution in [2.75, 3.05) is 0 Å². The number of aliphatic hydroxyl groups excluding tert-OH is 2. The van der Waals surface area contributed by atoms with Crippen molar-refractivity contribution in [3.05, 3.63) is 0 Å². The Morgan fingerprint density at radius 1 is 1.36 bits per heavy atom. The molecule has 5 heteroatoms. The quantitative estimate of drug-likeness (QED) is 0.571. The number of rotatable bonds is 1. The highest BCUT2D eigenvalue weighted by atomic mass is 16.6. The van der Waals surface area contributed by atoms with Gasteiger partial charge in [-0.05, 0) is 6.92 Å². The Labute approximate surface area is 82.6 Å². The van der Waals surface area contributed by atoms with E-state index in [-0.39, 0.29) is 12.0 Å². The maximum absolute atomic E-state index is 10.8. The molecule has 0 aromatic rings. The molecule has 2 N–H and O–H groups in total. The molecule has 5 nitrogen and oxygen atoms in total. The molecule has 1 saturated heterocycles. The number of carbonyl (C=O) groups excluding carboxylic acids is 1. The number of carbonyl (C=O) groups is 1. The lowest BCUT2D eigenvalue weighted by Gasteiger charge is -2.39. The Hall–Kier alpha value is -0.650. The molecule has 0 spiro atoms. The van der Waals surface area contributed by atoms with Crippen LogP contribution in [0, 0.1) is 5.92 Å². The van der Waals surface area contributed by atoms with Crippen LogP contribution in [0.5, 0.6) is 0 Å². The fourth-order valence-corrected chi connectivity index (χ4v) is 1.53. The third kappa shape index (κ3) is 2.23. The van der Waals surface area contributed by atoms with Crippen LogP contribution in [0.25, 0.3) is 0 Å². The maximum Gasteiger partial charge on any atom is 0.303 e. The molecule has 14 heavy (non-hydrogen) atoms. The fourth-order valence-electron chi connectivity index (χ4n) is 1.53. The average Bonchev–Trinajstić information content (AvgIpc) is 2.09. The highest BCUT2D eigenvalue weighted by molar-refractivity contribution is 5.66. The van der Waals surface area contributed by atoms with Crippen LogP contribution in [-0.4, -0.2) is 40.8 Å². The second-order valence-corrected chi connectivity index (χ2v) is 3.66.